The van der Waals surface area contributed by atoms with Crippen LogP contribution in [0.1, 0.15) is 52.4 Å². The molecule has 1 saturated heterocycles. The summed E-state index contributed by atoms with van der Waals surface area (Å²) in [7, 11) is 0. The van der Waals surface area contributed by atoms with E-state index in [2.05, 4.69) is 24.1 Å². The van der Waals surface area contributed by atoms with Crippen molar-refractivity contribution in [2.24, 2.45) is 11.8 Å². The molecule has 3 nitrogen and oxygen atoms in total. The molecular formula is C17H34N2O. The molecule has 0 aromatic rings. The van der Waals surface area contributed by atoms with Crippen LogP contribution in [-0.4, -0.2) is 50.3 Å². The molecule has 2 rings (SSSR count). The average Bonchev–Trinajstić information content (AvgIpc) is 2.74. The van der Waals surface area contributed by atoms with Crippen molar-refractivity contribution in [2.45, 2.75) is 58.4 Å². The van der Waals surface area contributed by atoms with E-state index >= 15 is 0 Å². The Balaban J connectivity index is 1.87. The molecule has 1 aliphatic heterocycles. The van der Waals surface area contributed by atoms with Gasteiger partial charge in [-0.05, 0) is 50.5 Å². The average molecular weight is 282 g/mol. The van der Waals surface area contributed by atoms with E-state index in [1.165, 1.54) is 58.2 Å². The summed E-state index contributed by atoms with van der Waals surface area (Å²) in [5.74, 6) is 1.81. The van der Waals surface area contributed by atoms with Gasteiger partial charge in [0.25, 0.3) is 0 Å². The molecule has 118 valence electrons. The summed E-state index contributed by atoms with van der Waals surface area (Å²) in [5, 5.41) is 3.81. The minimum atomic E-state index is 0.752. The standard InChI is InChI=1S/C17H34N2O/c1-3-8-18-17-7-6-15(4-2)13-16(17)14-19-9-5-11-20-12-10-19/h15-18H,3-14H2,1-2H3. The summed E-state index contributed by atoms with van der Waals surface area (Å²) in [6, 6.07) is 0.752. The highest BCUT2D eigenvalue weighted by molar-refractivity contribution is 4.86. The van der Waals surface area contributed by atoms with Crippen LogP contribution in [-0.2, 0) is 4.74 Å². The zero-order valence-electron chi connectivity index (χ0n) is 13.6. The second-order valence-corrected chi connectivity index (χ2v) is 6.67. The van der Waals surface area contributed by atoms with Gasteiger partial charge in [-0.15, -0.1) is 0 Å². The second kappa shape index (κ2) is 9.01. The monoisotopic (exact) mass is 282 g/mol. The van der Waals surface area contributed by atoms with E-state index in [0.717, 1.165) is 37.6 Å². The molecule has 3 heteroatoms. The molecule has 2 fully saturated rings. The number of nitrogens with one attached hydrogen (secondary N) is 1. The Morgan fingerprint density at radius 3 is 2.85 bits per heavy atom. The van der Waals surface area contributed by atoms with Gasteiger partial charge in [0.05, 0.1) is 6.61 Å². The third-order valence-corrected chi connectivity index (χ3v) is 5.13. The van der Waals surface area contributed by atoms with Crippen molar-refractivity contribution in [3.05, 3.63) is 0 Å². The Kier molecular flexibility index (Phi) is 7.32. The van der Waals surface area contributed by atoms with E-state index in [1.807, 2.05) is 0 Å². The first-order valence-corrected chi connectivity index (χ1v) is 8.87. The van der Waals surface area contributed by atoms with Gasteiger partial charge in [0.2, 0.25) is 0 Å². The minimum Gasteiger partial charge on any atom is -0.380 e. The summed E-state index contributed by atoms with van der Waals surface area (Å²) in [4.78, 5) is 2.65. The van der Waals surface area contributed by atoms with Crippen LogP contribution in [0.4, 0.5) is 0 Å². The van der Waals surface area contributed by atoms with E-state index in [-0.39, 0.29) is 0 Å². The molecule has 0 spiro atoms. The Hall–Kier alpha value is -0.120. The molecule has 0 radical (unpaired) electrons. The van der Waals surface area contributed by atoms with Crippen LogP contribution >= 0.6 is 0 Å². The lowest BCUT2D eigenvalue weighted by molar-refractivity contribution is 0.120. The molecule has 1 heterocycles. The van der Waals surface area contributed by atoms with E-state index in [9.17, 15) is 0 Å². The molecule has 3 unspecified atom stereocenters. The second-order valence-electron chi connectivity index (χ2n) is 6.67. The van der Waals surface area contributed by atoms with Crippen molar-refractivity contribution in [3.8, 4) is 0 Å². The van der Waals surface area contributed by atoms with Gasteiger partial charge in [-0.1, -0.05) is 20.3 Å². The van der Waals surface area contributed by atoms with Crippen molar-refractivity contribution < 1.29 is 4.74 Å². The number of rotatable bonds is 6. The first-order valence-electron chi connectivity index (χ1n) is 8.87. The molecule has 1 N–H and O–H groups in total. The fourth-order valence-corrected chi connectivity index (χ4v) is 3.84. The number of hydrogen-bond donors (Lipinski definition) is 1. The maximum absolute atomic E-state index is 5.59. The summed E-state index contributed by atoms with van der Waals surface area (Å²) in [5.41, 5.74) is 0. The molecule has 1 saturated carbocycles. The van der Waals surface area contributed by atoms with Crippen LogP contribution in [0.3, 0.4) is 0 Å². The molecule has 20 heavy (non-hydrogen) atoms. The Morgan fingerprint density at radius 1 is 1.15 bits per heavy atom. The molecule has 0 aromatic heterocycles. The maximum atomic E-state index is 5.59. The van der Waals surface area contributed by atoms with Gasteiger partial charge in [-0.25, -0.2) is 0 Å². The summed E-state index contributed by atoms with van der Waals surface area (Å²) in [6.45, 7) is 11.3. The minimum absolute atomic E-state index is 0.752. The largest absolute Gasteiger partial charge is 0.380 e. The fraction of sp³-hybridized carbons (Fsp3) is 1.00. The van der Waals surface area contributed by atoms with Crippen LogP contribution in [0.25, 0.3) is 0 Å². The van der Waals surface area contributed by atoms with Gasteiger partial charge < -0.3 is 15.0 Å². The molecule has 1 aliphatic carbocycles. The lowest BCUT2D eigenvalue weighted by Crippen LogP contribution is -2.46. The number of nitrogens with zero attached hydrogens (tertiary/aromatic N) is 1. The van der Waals surface area contributed by atoms with Crippen LogP contribution in [0, 0.1) is 11.8 Å². The molecular weight excluding hydrogens is 248 g/mol. The molecule has 0 bridgehead atoms. The SMILES string of the molecule is CCCNC1CCC(CC)CC1CN1CCCOCC1. The van der Waals surface area contributed by atoms with Crippen molar-refractivity contribution in [2.75, 3.05) is 39.4 Å². The summed E-state index contributed by atoms with van der Waals surface area (Å²) < 4.78 is 5.59. The van der Waals surface area contributed by atoms with Crippen molar-refractivity contribution in [3.63, 3.8) is 0 Å². The van der Waals surface area contributed by atoms with Crippen molar-refractivity contribution in [1.82, 2.24) is 10.2 Å². The molecule has 3 atom stereocenters. The van der Waals surface area contributed by atoms with Crippen molar-refractivity contribution in [1.29, 1.82) is 0 Å². The highest BCUT2D eigenvalue weighted by Crippen LogP contribution is 2.32. The van der Waals surface area contributed by atoms with E-state index in [0.29, 0.717) is 0 Å². The Morgan fingerprint density at radius 2 is 2.05 bits per heavy atom. The predicted molar refractivity (Wildman–Crippen MR) is 85.1 cm³/mol. The van der Waals surface area contributed by atoms with Gasteiger partial charge in [-0.3, -0.25) is 0 Å². The third-order valence-electron chi connectivity index (χ3n) is 5.13. The lowest BCUT2D eigenvalue weighted by Gasteiger charge is -2.39. The summed E-state index contributed by atoms with van der Waals surface area (Å²) in [6.07, 6.45) is 8.05. The highest BCUT2D eigenvalue weighted by atomic mass is 16.5. The van der Waals surface area contributed by atoms with Crippen LogP contribution in [0.2, 0.25) is 0 Å². The van der Waals surface area contributed by atoms with Crippen LogP contribution in [0.5, 0.6) is 0 Å². The van der Waals surface area contributed by atoms with Crippen molar-refractivity contribution >= 4 is 0 Å². The zero-order valence-corrected chi connectivity index (χ0v) is 13.6. The Bertz CT molecular complexity index is 251. The van der Waals surface area contributed by atoms with Gasteiger partial charge in [0, 0.05) is 32.3 Å². The number of hydrogen-bond acceptors (Lipinski definition) is 3. The van der Waals surface area contributed by atoms with Gasteiger partial charge in [0.15, 0.2) is 0 Å². The predicted octanol–water partition coefficient (Wildman–Crippen LogP) is 2.90. The molecule has 2 aliphatic rings. The smallest absolute Gasteiger partial charge is 0.0593 e. The zero-order chi connectivity index (χ0) is 14.2. The molecule has 0 aromatic carbocycles. The van der Waals surface area contributed by atoms with Gasteiger partial charge >= 0.3 is 0 Å². The van der Waals surface area contributed by atoms with Gasteiger partial charge in [0.1, 0.15) is 0 Å². The quantitative estimate of drug-likeness (QED) is 0.811. The first-order chi connectivity index (χ1) is 9.83. The third kappa shape index (κ3) is 5.01. The van der Waals surface area contributed by atoms with Crippen LogP contribution < -0.4 is 5.32 Å². The fourth-order valence-electron chi connectivity index (χ4n) is 3.84. The van der Waals surface area contributed by atoms with Crippen LogP contribution in [0.15, 0.2) is 0 Å². The van der Waals surface area contributed by atoms with Gasteiger partial charge in [-0.2, -0.15) is 0 Å². The molecule has 0 amide bonds. The topological polar surface area (TPSA) is 24.5 Å². The Labute approximate surface area is 125 Å². The first kappa shape index (κ1) is 16.3. The van der Waals surface area contributed by atoms with E-state index in [1.54, 1.807) is 0 Å². The highest BCUT2D eigenvalue weighted by Gasteiger charge is 2.30. The number of ether oxygens (including phenoxy) is 1. The lowest BCUT2D eigenvalue weighted by atomic mass is 9.76. The van der Waals surface area contributed by atoms with E-state index < -0.39 is 0 Å². The van der Waals surface area contributed by atoms with E-state index in [4.69, 9.17) is 4.74 Å². The summed E-state index contributed by atoms with van der Waals surface area (Å²) >= 11 is 0. The normalized spacial score (nSPS) is 33.0. The maximum Gasteiger partial charge on any atom is 0.0593 e.